The quantitative estimate of drug-likeness (QED) is 0.522. The van der Waals surface area contributed by atoms with Gasteiger partial charge in [-0.15, -0.1) is 23.2 Å². The highest BCUT2D eigenvalue weighted by Crippen LogP contribution is 2.24. The fourth-order valence-electron chi connectivity index (χ4n) is 2.69. The lowest BCUT2D eigenvalue weighted by Crippen LogP contribution is -2.45. The van der Waals surface area contributed by atoms with Crippen LogP contribution in [0.2, 0.25) is 0 Å². The Kier molecular flexibility index (Phi) is 6.03. The first-order chi connectivity index (χ1) is 10.5. The standard InChI is InChI=1S/C14H24Cl2N6/c1-11(12-17-4-6-21(12)2)8-19-20-10-14(16,9-15)13-18-5-7-22(13)3/h11H,4-10H2,1-3H3. The number of rotatable bonds is 7. The maximum absolute atomic E-state index is 6.60. The van der Waals surface area contributed by atoms with Gasteiger partial charge in [-0.25, -0.2) is 0 Å². The minimum absolute atomic E-state index is 0.266. The Labute approximate surface area is 142 Å². The van der Waals surface area contributed by atoms with Crippen LogP contribution >= 0.6 is 23.2 Å². The van der Waals surface area contributed by atoms with Crippen molar-refractivity contribution in [2.24, 2.45) is 26.1 Å². The van der Waals surface area contributed by atoms with Gasteiger partial charge in [0.05, 0.1) is 32.1 Å². The third kappa shape index (κ3) is 3.90. The van der Waals surface area contributed by atoms with E-state index in [4.69, 9.17) is 23.2 Å². The lowest BCUT2D eigenvalue weighted by Gasteiger charge is -2.27. The molecule has 2 heterocycles. The highest BCUT2D eigenvalue weighted by Gasteiger charge is 2.37. The molecule has 0 amide bonds. The highest BCUT2D eigenvalue weighted by atomic mass is 35.5. The number of nitrogens with zero attached hydrogens (tertiary/aromatic N) is 6. The summed E-state index contributed by atoms with van der Waals surface area (Å²) < 4.78 is 0. The number of aliphatic imine (C=N–C) groups is 2. The topological polar surface area (TPSA) is 55.9 Å². The van der Waals surface area contributed by atoms with Crippen molar-refractivity contribution in [2.45, 2.75) is 11.8 Å². The van der Waals surface area contributed by atoms with Gasteiger partial charge in [-0.1, -0.05) is 6.92 Å². The number of hydrogen-bond acceptors (Lipinski definition) is 6. The fourth-order valence-corrected chi connectivity index (χ4v) is 3.16. The van der Waals surface area contributed by atoms with E-state index in [0.717, 1.165) is 37.9 Å². The second-order valence-corrected chi connectivity index (χ2v) is 6.90. The predicted molar refractivity (Wildman–Crippen MR) is 92.9 cm³/mol. The SMILES string of the molecule is CC(CN=NCC(Cl)(CCl)C1=NCCN1C)C1=NCCN1C. The van der Waals surface area contributed by atoms with Crippen molar-refractivity contribution < 1.29 is 0 Å². The summed E-state index contributed by atoms with van der Waals surface area (Å²) in [6.07, 6.45) is 0. The van der Waals surface area contributed by atoms with Crippen molar-refractivity contribution in [3.05, 3.63) is 0 Å². The van der Waals surface area contributed by atoms with Gasteiger partial charge in [-0.05, 0) is 0 Å². The number of azo groups is 1. The zero-order valence-corrected chi connectivity index (χ0v) is 15.0. The molecule has 0 N–H and O–H groups in total. The van der Waals surface area contributed by atoms with E-state index in [9.17, 15) is 0 Å². The van der Waals surface area contributed by atoms with Gasteiger partial charge in [0, 0.05) is 33.1 Å². The summed E-state index contributed by atoms with van der Waals surface area (Å²) in [7, 11) is 4.04. The van der Waals surface area contributed by atoms with Crippen LogP contribution in [0.4, 0.5) is 0 Å². The third-order valence-corrected chi connectivity index (χ3v) is 5.00. The molecule has 0 aliphatic carbocycles. The Bertz CT molecular complexity index is 478. The third-order valence-electron chi connectivity index (χ3n) is 3.99. The number of alkyl halides is 2. The van der Waals surface area contributed by atoms with E-state index in [1.54, 1.807) is 0 Å². The van der Waals surface area contributed by atoms with Crippen LogP contribution in [0.25, 0.3) is 0 Å². The molecule has 0 saturated carbocycles. The van der Waals surface area contributed by atoms with Crippen molar-refractivity contribution >= 4 is 34.9 Å². The van der Waals surface area contributed by atoms with Gasteiger partial charge < -0.3 is 9.80 Å². The molecule has 0 aromatic heterocycles. The van der Waals surface area contributed by atoms with Crippen LogP contribution in [0, 0.1) is 5.92 Å². The maximum Gasteiger partial charge on any atom is 0.136 e. The molecule has 0 aromatic carbocycles. The molecule has 2 atom stereocenters. The first-order valence-corrected chi connectivity index (χ1v) is 8.49. The lowest BCUT2D eigenvalue weighted by atomic mass is 10.1. The van der Waals surface area contributed by atoms with Gasteiger partial charge in [0.1, 0.15) is 16.5 Å². The van der Waals surface area contributed by atoms with Crippen LogP contribution in [0.5, 0.6) is 0 Å². The first-order valence-electron chi connectivity index (χ1n) is 7.57. The van der Waals surface area contributed by atoms with Crippen LogP contribution in [0.3, 0.4) is 0 Å². The van der Waals surface area contributed by atoms with Gasteiger partial charge in [0.2, 0.25) is 0 Å². The number of amidine groups is 2. The van der Waals surface area contributed by atoms with E-state index < -0.39 is 4.87 Å². The summed E-state index contributed by atoms with van der Waals surface area (Å²) in [5.74, 6) is 2.45. The summed E-state index contributed by atoms with van der Waals surface area (Å²) in [5.41, 5.74) is 0. The summed E-state index contributed by atoms with van der Waals surface area (Å²) in [6.45, 7) is 6.57. The zero-order chi connectivity index (χ0) is 16.2. The van der Waals surface area contributed by atoms with E-state index in [1.807, 2.05) is 11.9 Å². The normalized spacial score (nSPS) is 23.0. The Morgan fingerprint density at radius 1 is 1.18 bits per heavy atom. The molecule has 2 aliphatic heterocycles. The van der Waals surface area contributed by atoms with Gasteiger partial charge in [-0.3, -0.25) is 9.98 Å². The Morgan fingerprint density at radius 3 is 2.41 bits per heavy atom. The van der Waals surface area contributed by atoms with Crippen molar-refractivity contribution in [3.63, 3.8) is 0 Å². The Hall–Kier alpha value is -0.880. The minimum Gasteiger partial charge on any atom is -0.361 e. The molecule has 6 nitrogen and oxygen atoms in total. The Balaban J connectivity index is 1.88. The molecular weight excluding hydrogens is 323 g/mol. The van der Waals surface area contributed by atoms with Crippen molar-refractivity contribution in [3.8, 4) is 0 Å². The average molecular weight is 347 g/mol. The summed E-state index contributed by atoms with van der Waals surface area (Å²) >= 11 is 12.7. The monoisotopic (exact) mass is 346 g/mol. The van der Waals surface area contributed by atoms with E-state index in [0.29, 0.717) is 13.1 Å². The lowest BCUT2D eigenvalue weighted by molar-refractivity contribution is 0.517. The van der Waals surface area contributed by atoms with Crippen LogP contribution in [-0.2, 0) is 0 Å². The molecule has 0 saturated heterocycles. The molecule has 2 rings (SSSR count). The van der Waals surface area contributed by atoms with Gasteiger partial charge >= 0.3 is 0 Å². The van der Waals surface area contributed by atoms with E-state index >= 15 is 0 Å². The molecule has 2 unspecified atom stereocenters. The van der Waals surface area contributed by atoms with Crippen LogP contribution in [0.15, 0.2) is 20.2 Å². The maximum atomic E-state index is 6.60. The van der Waals surface area contributed by atoms with Crippen molar-refractivity contribution in [1.29, 1.82) is 0 Å². The fraction of sp³-hybridized carbons (Fsp3) is 0.857. The van der Waals surface area contributed by atoms with Crippen molar-refractivity contribution in [2.75, 3.05) is 59.2 Å². The number of likely N-dealkylation sites (N-methyl/N-ethyl adjacent to an activating group) is 2. The van der Waals surface area contributed by atoms with E-state index in [-0.39, 0.29) is 11.8 Å². The predicted octanol–water partition coefficient (Wildman–Crippen LogP) is 1.98. The van der Waals surface area contributed by atoms with E-state index in [1.165, 1.54) is 0 Å². The van der Waals surface area contributed by atoms with Gasteiger partial charge in [0.25, 0.3) is 0 Å². The second kappa shape index (κ2) is 7.59. The molecule has 0 bridgehead atoms. The molecule has 0 spiro atoms. The van der Waals surface area contributed by atoms with Crippen LogP contribution in [-0.4, -0.2) is 85.6 Å². The minimum atomic E-state index is -0.763. The molecule has 0 fully saturated rings. The first kappa shape index (κ1) is 17.5. The summed E-state index contributed by atoms with van der Waals surface area (Å²) in [4.78, 5) is 12.4. The molecule has 2 aliphatic rings. The number of hydrogen-bond donors (Lipinski definition) is 0. The molecule has 0 radical (unpaired) electrons. The Morgan fingerprint density at radius 2 is 1.86 bits per heavy atom. The second-order valence-electron chi connectivity index (χ2n) is 5.91. The average Bonchev–Trinajstić information content (AvgIpc) is 3.12. The molecule has 8 heteroatoms. The summed E-state index contributed by atoms with van der Waals surface area (Å²) in [5, 5.41) is 8.54. The van der Waals surface area contributed by atoms with E-state index in [2.05, 4.69) is 39.1 Å². The van der Waals surface area contributed by atoms with Crippen LogP contribution < -0.4 is 0 Å². The smallest absolute Gasteiger partial charge is 0.136 e. The van der Waals surface area contributed by atoms with Crippen molar-refractivity contribution in [1.82, 2.24) is 9.80 Å². The van der Waals surface area contributed by atoms with Gasteiger partial charge in [-0.2, -0.15) is 10.2 Å². The summed E-state index contributed by atoms with van der Waals surface area (Å²) in [6, 6.07) is 0. The highest BCUT2D eigenvalue weighted by molar-refractivity contribution is 6.40. The molecule has 124 valence electrons. The van der Waals surface area contributed by atoms with Gasteiger partial charge in [0.15, 0.2) is 0 Å². The molecule has 0 aromatic rings. The van der Waals surface area contributed by atoms with Crippen LogP contribution in [0.1, 0.15) is 6.92 Å². The number of halogens is 2. The zero-order valence-electron chi connectivity index (χ0n) is 13.5. The molecular formula is C14H24Cl2N6. The molecule has 22 heavy (non-hydrogen) atoms. The largest absolute Gasteiger partial charge is 0.361 e.